The van der Waals surface area contributed by atoms with Gasteiger partial charge in [0.2, 0.25) is 0 Å². The number of esters is 1. The quantitative estimate of drug-likeness (QED) is 0.122. The van der Waals surface area contributed by atoms with Gasteiger partial charge in [0.05, 0.1) is 7.11 Å². The largest absolute Gasteiger partial charge is 0.497 e. The lowest BCUT2D eigenvalue weighted by Crippen LogP contribution is -2.02. The summed E-state index contributed by atoms with van der Waals surface area (Å²) in [5.41, 5.74) is 4.04. The van der Waals surface area contributed by atoms with Crippen LogP contribution in [0.2, 0.25) is 0 Å². The molecule has 5 heteroatoms. The van der Waals surface area contributed by atoms with Crippen molar-refractivity contribution in [3.63, 3.8) is 0 Å². The van der Waals surface area contributed by atoms with Crippen molar-refractivity contribution in [2.45, 2.75) is 6.92 Å². The number of hydrogen-bond donors (Lipinski definition) is 0. The van der Waals surface area contributed by atoms with E-state index in [1.54, 1.807) is 19.2 Å². The summed E-state index contributed by atoms with van der Waals surface area (Å²) in [7, 11) is 1.65. The fraction of sp³-hybridized carbons (Fsp3) is 0.103. The number of benzene rings is 3. The summed E-state index contributed by atoms with van der Waals surface area (Å²) in [5, 5.41) is 0. The second-order valence-corrected chi connectivity index (χ2v) is 6.84. The lowest BCUT2D eigenvalue weighted by atomic mass is 9.99. The summed E-state index contributed by atoms with van der Waals surface area (Å²) in [4.78, 5) is 20.4. The van der Waals surface area contributed by atoms with Gasteiger partial charge in [-0.1, -0.05) is 61.7 Å². The van der Waals surface area contributed by atoms with Crippen LogP contribution < -0.4 is 14.2 Å². The Labute approximate surface area is 200 Å². The second kappa shape index (κ2) is 13.9. The van der Waals surface area contributed by atoms with E-state index in [-0.39, 0.29) is 0 Å². The maximum Gasteiger partial charge on any atom is 0.335 e. The molecule has 174 valence electrons. The number of methoxy groups -OCH3 is 1. The van der Waals surface area contributed by atoms with E-state index in [9.17, 15) is 4.79 Å². The van der Waals surface area contributed by atoms with Gasteiger partial charge in [0.25, 0.3) is 0 Å². The molecular weight excluding hydrogens is 428 g/mol. The fourth-order valence-electron chi connectivity index (χ4n) is 2.94. The maximum atomic E-state index is 11.4. The Bertz CT molecular complexity index is 1120. The third kappa shape index (κ3) is 7.64. The number of carbonyl (C=O) groups excluding carboxylic acids is 2. The monoisotopic (exact) mass is 456 g/mol. The van der Waals surface area contributed by atoms with Crippen LogP contribution in [0.1, 0.15) is 6.92 Å². The van der Waals surface area contributed by atoms with E-state index in [1.807, 2.05) is 67.6 Å². The predicted molar refractivity (Wildman–Crippen MR) is 136 cm³/mol. The highest BCUT2D eigenvalue weighted by atomic mass is 16.5. The van der Waals surface area contributed by atoms with Gasteiger partial charge in [-0.3, -0.25) is 4.79 Å². The lowest BCUT2D eigenvalue weighted by Gasteiger charge is -2.14. The summed E-state index contributed by atoms with van der Waals surface area (Å²) in [6, 6.07) is 21.4. The Morgan fingerprint density at radius 2 is 1.47 bits per heavy atom. The molecule has 0 spiro atoms. The van der Waals surface area contributed by atoms with Gasteiger partial charge in [-0.15, -0.1) is 0 Å². The Balaban J connectivity index is 0.000000945. The van der Waals surface area contributed by atoms with Crippen LogP contribution in [-0.4, -0.2) is 26.0 Å². The number of rotatable bonds is 9. The first-order valence-corrected chi connectivity index (χ1v) is 10.6. The summed E-state index contributed by atoms with van der Waals surface area (Å²) in [6.07, 6.45) is 6.89. The van der Waals surface area contributed by atoms with Crippen molar-refractivity contribution < 1.29 is 23.8 Å². The standard InChI is InChI=1S/C26H24O4.C3H4O/c1-4-6-17-29-25-18-21(19-7-12-22(28-3)13-8-19)11-16-24(25)20-9-14-23(15-10-20)30-26(27)5-2;1-2-3-4/h4-16,18H,2,17H2,1,3H3;2-3H,1H2/b6-4+;. The zero-order valence-electron chi connectivity index (χ0n) is 19.4. The van der Waals surface area contributed by atoms with E-state index in [0.717, 1.165) is 39.8 Å². The molecule has 0 bridgehead atoms. The molecule has 3 aromatic carbocycles. The Morgan fingerprint density at radius 1 is 0.882 bits per heavy atom. The minimum atomic E-state index is -0.484. The molecule has 3 aromatic rings. The molecule has 0 atom stereocenters. The molecule has 0 aliphatic rings. The summed E-state index contributed by atoms with van der Waals surface area (Å²) in [6.45, 7) is 8.96. The average molecular weight is 457 g/mol. The SMILES string of the molecule is C=CC(=O)Oc1ccc(-c2ccc(-c3ccc(OC)cc3)cc2OC/C=C/C)cc1.C=CC=O. The summed E-state index contributed by atoms with van der Waals surface area (Å²) >= 11 is 0. The van der Waals surface area contributed by atoms with Crippen LogP contribution in [0.3, 0.4) is 0 Å². The van der Waals surface area contributed by atoms with Crippen molar-refractivity contribution in [1.82, 2.24) is 0 Å². The molecule has 0 unspecified atom stereocenters. The molecule has 0 radical (unpaired) electrons. The predicted octanol–water partition coefficient (Wildman–Crippen LogP) is 6.45. The van der Waals surface area contributed by atoms with Crippen LogP contribution in [-0.2, 0) is 9.59 Å². The molecule has 34 heavy (non-hydrogen) atoms. The van der Waals surface area contributed by atoms with Gasteiger partial charge in [-0.25, -0.2) is 4.79 Å². The fourth-order valence-corrected chi connectivity index (χ4v) is 2.94. The van der Waals surface area contributed by atoms with Gasteiger partial charge in [0.15, 0.2) is 0 Å². The van der Waals surface area contributed by atoms with Crippen molar-refractivity contribution >= 4 is 12.3 Å². The topological polar surface area (TPSA) is 61.8 Å². The van der Waals surface area contributed by atoms with Crippen molar-refractivity contribution in [3.8, 4) is 39.5 Å². The van der Waals surface area contributed by atoms with Crippen LogP contribution in [0.15, 0.2) is 104 Å². The third-order valence-electron chi connectivity index (χ3n) is 4.62. The van der Waals surface area contributed by atoms with Crippen LogP contribution in [0.25, 0.3) is 22.3 Å². The summed E-state index contributed by atoms with van der Waals surface area (Å²) < 4.78 is 16.4. The van der Waals surface area contributed by atoms with Crippen LogP contribution in [0, 0.1) is 0 Å². The van der Waals surface area contributed by atoms with Crippen LogP contribution >= 0.6 is 0 Å². The Hall–Kier alpha value is -4.38. The molecule has 3 rings (SSSR count). The number of aldehydes is 1. The van der Waals surface area contributed by atoms with E-state index >= 15 is 0 Å². The summed E-state index contributed by atoms with van der Waals surface area (Å²) in [5.74, 6) is 1.58. The normalized spacial score (nSPS) is 9.94. The van der Waals surface area contributed by atoms with E-state index < -0.39 is 5.97 Å². The maximum absolute atomic E-state index is 11.4. The van der Waals surface area contributed by atoms with Gasteiger partial charge in [-0.05, 0) is 60.0 Å². The first-order valence-electron chi connectivity index (χ1n) is 10.6. The zero-order valence-corrected chi connectivity index (χ0v) is 19.4. The van der Waals surface area contributed by atoms with Gasteiger partial charge in [0.1, 0.15) is 30.1 Å². The third-order valence-corrected chi connectivity index (χ3v) is 4.62. The first kappa shape index (κ1) is 25.9. The minimum absolute atomic E-state index is 0.467. The molecule has 0 aliphatic carbocycles. The van der Waals surface area contributed by atoms with Gasteiger partial charge in [-0.2, -0.15) is 0 Å². The van der Waals surface area contributed by atoms with Crippen molar-refractivity contribution in [1.29, 1.82) is 0 Å². The number of allylic oxidation sites excluding steroid dienone is 2. The van der Waals surface area contributed by atoms with Crippen LogP contribution in [0.4, 0.5) is 0 Å². The Kier molecular flexibility index (Phi) is 10.6. The van der Waals surface area contributed by atoms with E-state index in [4.69, 9.17) is 19.0 Å². The molecule has 0 saturated carbocycles. The molecule has 0 amide bonds. The molecule has 0 N–H and O–H groups in total. The van der Waals surface area contributed by atoms with Gasteiger partial charge >= 0.3 is 5.97 Å². The smallest absolute Gasteiger partial charge is 0.335 e. The van der Waals surface area contributed by atoms with Crippen molar-refractivity contribution in [3.05, 3.63) is 104 Å². The van der Waals surface area contributed by atoms with Gasteiger partial charge < -0.3 is 14.2 Å². The molecule has 0 saturated heterocycles. The van der Waals surface area contributed by atoms with Crippen molar-refractivity contribution in [2.75, 3.05) is 13.7 Å². The number of carbonyl (C=O) groups is 2. The molecule has 0 aliphatic heterocycles. The second-order valence-electron chi connectivity index (χ2n) is 6.84. The highest BCUT2D eigenvalue weighted by Crippen LogP contribution is 2.35. The van der Waals surface area contributed by atoms with Crippen LogP contribution in [0.5, 0.6) is 17.2 Å². The molecule has 5 nitrogen and oxygen atoms in total. The van der Waals surface area contributed by atoms with E-state index in [0.29, 0.717) is 18.6 Å². The number of ether oxygens (including phenoxy) is 3. The van der Waals surface area contributed by atoms with E-state index in [1.165, 1.54) is 6.08 Å². The highest BCUT2D eigenvalue weighted by Gasteiger charge is 2.10. The minimum Gasteiger partial charge on any atom is -0.497 e. The Morgan fingerprint density at radius 3 is 2.03 bits per heavy atom. The molecular formula is C29H28O5. The lowest BCUT2D eigenvalue weighted by molar-refractivity contribution is -0.128. The molecule has 0 heterocycles. The van der Waals surface area contributed by atoms with Crippen molar-refractivity contribution in [2.24, 2.45) is 0 Å². The first-order chi connectivity index (χ1) is 16.6. The van der Waals surface area contributed by atoms with Gasteiger partial charge in [0, 0.05) is 11.6 Å². The zero-order chi connectivity index (χ0) is 24.8. The number of hydrogen-bond acceptors (Lipinski definition) is 5. The average Bonchev–Trinajstić information content (AvgIpc) is 2.89. The van der Waals surface area contributed by atoms with E-state index in [2.05, 4.69) is 19.2 Å². The molecule has 0 aromatic heterocycles. The highest BCUT2D eigenvalue weighted by molar-refractivity contribution is 5.83. The molecule has 0 fully saturated rings.